The molecule has 17 heavy (non-hydrogen) atoms. The number of rotatable bonds is 5. The normalized spacial score (nSPS) is 10.5. The number of hydrogen-bond acceptors (Lipinski definition) is 4. The summed E-state index contributed by atoms with van der Waals surface area (Å²) >= 11 is 0. The van der Waals surface area contributed by atoms with Crippen molar-refractivity contribution in [3.63, 3.8) is 0 Å². The van der Waals surface area contributed by atoms with Crippen LogP contribution in [0.15, 0.2) is 30.5 Å². The summed E-state index contributed by atoms with van der Waals surface area (Å²) in [6.07, 6.45) is 1.90. The minimum absolute atomic E-state index is 0.626. The van der Waals surface area contributed by atoms with Crippen molar-refractivity contribution in [3.8, 4) is 17.0 Å². The first kappa shape index (κ1) is 11.6. The second kappa shape index (κ2) is 5.45. The Kier molecular flexibility index (Phi) is 3.72. The van der Waals surface area contributed by atoms with Crippen molar-refractivity contribution >= 4 is 0 Å². The predicted molar refractivity (Wildman–Crippen MR) is 63.9 cm³/mol. The van der Waals surface area contributed by atoms with Gasteiger partial charge in [0.25, 0.3) is 0 Å². The Hall–Kier alpha value is -1.88. The van der Waals surface area contributed by atoms with Crippen LogP contribution in [-0.4, -0.2) is 35.8 Å². The Morgan fingerprint density at radius 3 is 2.94 bits per heavy atom. The van der Waals surface area contributed by atoms with E-state index in [9.17, 15) is 0 Å². The summed E-state index contributed by atoms with van der Waals surface area (Å²) in [4.78, 5) is 0. The molecule has 0 N–H and O–H groups in total. The monoisotopic (exact) mass is 233 g/mol. The van der Waals surface area contributed by atoms with Gasteiger partial charge in [-0.25, -0.2) is 4.68 Å². The van der Waals surface area contributed by atoms with E-state index in [0.29, 0.717) is 13.2 Å². The summed E-state index contributed by atoms with van der Waals surface area (Å²) in [7, 11) is 3.31. The molecule has 5 heteroatoms. The first-order valence-corrected chi connectivity index (χ1v) is 5.37. The first-order valence-electron chi connectivity index (χ1n) is 5.37. The molecule has 0 atom stereocenters. The lowest BCUT2D eigenvalue weighted by molar-refractivity contribution is 0.183. The SMILES string of the molecule is COCCn1cc(-c2cccc(OC)c2)nn1. The summed E-state index contributed by atoms with van der Waals surface area (Å²) in [5, 5.41) is 8.15. The molecule has 0 aliphatic carbocycles. The highest BCUT2D eigenvalue weighted by atomic mass is 16.5. The molecule has 0 bridgehead atoms. The number of ether oxygens (including phenoxy) is 2. The number of aromatic nitrogens is 3. The van der Waals surface area contributed by atoms with E-state index >= 15 is 0 Å². The number of nitrogens with zero attached hydrogens (tertiary/aromatic N) is 3. The lowest BCUT2D eigenvalue weighted by Gasteiger charge is -2.01. The molecule has 1 aromatic heterocycles. The second-order valence-electron chi connectivity index (χ2n) is 3.59. The Bertz CT molecular complexity index is 482. The van der Waals surface area contributed by atoms with Crippen molar-refractivity contribution in [3.05, 3.63) is 30.5 Å². The van der Waals surface area contributed by atoms with E-state index in [4.69, 9.17) is 9.47 Å². The third-order valence-corrected chi connectivity index (χ3v) is 2.43. The van der Waals surface area contributed by atoms with Crippen molar-refractivity contribution in [1.29, 1.82) is 0 Å². The molecule has 2 rings (SSSR count). The van der Waals surface area contributed by atoms with Crippen LogP contribution in [-0.2, 0) is 11.3 Å². The van der Waals surface area contributed by atoms with Gasteiger partial charge < -0.3 is 9.47 Å². The lowest BCUT2D eigenvalue weighted by atomic mass is 10.1. The molecular formula is C12H15N3O2. The maximum atomic E-state index is 5.17. The molecule has 0 unspecified atom stereocenters. The maximum Gasteiger partial charge on any atom is 0.119 e. The fraction of sp³-hybridized carbons (Fsp3) is 0.333. The zero-order chi connectivity index (χ0) is 12.1. The summed E-state index contributed by atoms with van der Waals surface area (Å²) in [5.41, 5.74) is 1.83. The highest BCUT2D eigenvalue weighted by molar-refractivity contribution is 5.59. The van der Waals surface area contributed by atoms with Crippen LogP contribution in [0.3, 0.4) is 0 Å². The summed E-state index contributed by atoms with van der Waals surface area (Å²) in [5.74, 6) is 0.814. The largest absolute Gasteiger partial charge is 0.497 e. The van der Waals surface area contributed by atoms with Gasteiger partial charge in [0.05, 0.1) is 26.5 Å². The number of benzene rings is 1. The summed E-state index contributed by atoms with van der Waals surface area (Å²) in [6, 6.07) is 7.75. The lowest BCUT2D eigenvalue weighted by Crippen LogP contribution is -2.04. The molecule has 0 aliphatic rings. The molecule has 0 spiro atoms. The van der Waals surface area contributed by atoms with E-state index in [2.05, 4.69) is 10.3 Å². The van der Waals surface area contributed by atoms with E-state index in [-0.39, 0.29) is 0 Å². The third kappa shape index (κ3) is 2.82. The Morgan fingerprint density at radius 2 is 2.18 bits per heavy atom. The van der Waals surface area contributed by atoms with Gasteiger partial charge >= 0.3 is 0 Å². The Morgan fingerprint density at radius 1 is 1.29 bits per heavy atom. The van der Waals surface area contributed by atoms with Crippen LogP contribution in [0.25, 0.3) is 11.3 Å². The van der Waals surface area contributed by atoms with Gasteiger partial charge in [0.15, 0.2) is 0 Å². The van der Waals surface area contributed by atoms with Crippen molar-refractivity contribution in [2.24, 2.45) is 0 Å². The average molecular weight is 233 g/mol. The molecule has 1 heterocycles. The van der Waals surface area contributed by atoms with Gasteiger partial charge in [-0.15, -0.1) is 5.10 Å². The van der Waals surface area contributed by atoms with Gasteiger partial charge in [-0.3, -0.25) is 0 Å². The minimum Gasteiger partial charge on any atom is -0.497 e. The van der Waals surface area contributed by atoms with E-state index in [1.165, 1.54) is 0 Å². The van der Waals surface area contributed by atoms with Crippen LogP contribution in [0.5, 0.6) is 5.75 Å². The van der Waals surface area contributed by atoms with Crippen LogP contribution in [0.4, 0.5) is 0 Å². The molecule has 0 amide bonds. The van der Waals surface area contributed by atoms with Gasteiger partial charge in [-0.2, -0.15) is 0 Å². The highest BCUT2D eigenvalue weighted by Gasteiger charge is 2.04. The minimum atomic E-state index is 0.626. The van der Waals surface area contributed by atoms with Crippen LogP contribution in [0, 0.1) is 0 Å². The maximum absolute atomic E-state index is 5.17. The Balaban J connectivity index is 2.18. The van der Waals surface area contributed by atoms with Gasteiger partial charge in [-0.1, -0.05) is 17.3 Å². The topological polar surface area (TPSA) is 49.2 Å². The molecule has 0 fully saturated rings. The van der Waals surface area contributed by atoms with Crippen molar-refractivity contribution in [2.75, 3.05) is 20.8 Å². The van der Waals surface area contributed by atoms with Crippen LogP contribution < -0.4 is 4.74 Å². The molecule has 90 valence electrons. The highest BCUT2D eigenvalue weighted by Crippen LogP contribution is 2.21. The van der Waals surface area contributed by atoms with Crippen molar-refractivity contribution < 1.29 is 9.47 Å². The predicted octanol–water partition coefficient (Wildman–Crippen LogP) is 1.60. The fourth-order valence-electron chi connectivity index (χ4n) is 1.51. The Labute approximate surface area is 100.0 Å². The van der Waals surface area contributed by atoms with E-state index in [1.807, 2.05) is 30.5 Å². The summed E-state index contributed by atoms with van der Waals surface area (Å²) < 4.78 is 11.9. The third-order valence-electron chi connectivity index (χ3n) is 2.43. The van der Waals surface area contributed by atoms with Gasteiger partial charge in [0.2, 0.25) is 0 Å². The van der Waals surface area contributed by atoms with E-state index in [0.717, 1.165) is 17.0 Å². The number of hydrogen-bond donors (Lipinski definition) is 0. The molecule has 0 saturated heterocycles. The molecular weight excluding hydrogens is 218 g/mol. The molecule has 1 aromatic carbocycles. The molecule has 0 radical (unpaired) electrons. The number of methoxy groups -OCH3 is 2. The fourth-order valence-corrected chi connectivity index (χ4v) is 1.51. The van der Waals surface area contributed by atoms with Crippen molar-refractivity contribution in [2.45, 2.75) is 6.54 Å². The van der Waals surface area contributed by atoms with Gasteiger partial charge in [0.1, 0.15) is 11.4 Å². The zero-order valence-electron chi connectivity index (χ0n) is 9.96. The molecule has 0 saturated carbocycles. The van der Waals surface area contributed by atoms with Crippen LogP contribution in [0.1, 0.15) is 0 Å². The molecule has 5 nitrogen and oxygen atoms in total. The van der Waals surface area contributed by atoms with Crippen molar-refractivity contribution in [1.82, 2.24) is 15.0 Å². The molecule has 2 aromatic rings. The van der Waals surface area contributed by atoms with Crippen LogP contribution >= 0.6 is 0 Å². The van der Waals surface area contributed by atoms with E-state index < -0.39 is 0 Å². The van der Waals surface area contributed by atoms with Crippen LogP contribution in [0.2, 0.25) is 0 Å². The van der Waals surface area contributed by atoms with Gasteiger partial charge in [0, 0.05) is 12.7 Å². The zero-order valence-corrected chi connectivity index (χ0v) is 9.96. The van der Waals surface area contributed by atoms with Gasteiger partial charge in [-0.05, 0) is 12.1 Å². The quantitative estimate of drug-likeness (QED) is 0.787. The smallest absolute Gasteiger partial charge is 0.119 e. The second-order valence-corrected chi connectivity index (χ2v) is 3.59. The summed E-state index contributed by atoms with van der Waals surface area (Å²) in [6.45, 7) is 1.33. The first-order chi connectivity index (χ1) is 8.33. The average Bonchev–Trinajstić information content (AvgIpc) is 2.85. The molecule has 0 aliphatic heterocycles. The van der Waals surface area contributed by atoms with E-state index in [1.54, 1.807) is 18.9 Å². The standard InChI is InChI=1S/C12H15N3O2/c1-16-7-6-15-9-12(13-14-15)10-4-3-5-11(8-10)17-2/h3-5,8-9H,6-7H2,1-2H3.